The fraction of sp³-hybridized carbons (Fsp3) is 0. The summed E-state index contributed by atoms with van der Waals surface area (Å²) in [4.78, 5) is 3.95. The summed E-state index contributed by atoms with van der Waals surface area (Å²) < 4.78 is 6.37. The van der Waals surface area contributed by atoms with Gasteiger partial charge in [-0.2, -0.15) is 0 Å². The van der Waals surface area contributed by atoms with E-state index in [1.165, 1.54) is 12.4 Å². The van der Waals surface area contributed by atoms with Gasteiger partial charge < -0.3 is 15.7 Å². The van der Waals surface area contributed by atoms with Gasteiger partial charge in [0, 0.05) is 11.2 Å². The third-order valence-electron chi connectivity index (χ3n) is 2.28. The quantitative estimate of drug-likeness (QED) is 0.388. The molecule has 1 aromatic carbocycles. The monoisotopic (exact) mass is 341 g/mol. The summed E-state index contributed by atoms with van der Waals surface area (Å²) in [6.45, 7) is 0. The van der Waals surface area contributed by atoms with Gasteiger partial charge in [-0.25, -0.2) is 0 Å². The Balaban J connectivity index is 2.38. The van der Waals surface area contributed by atoms with E-state index in [0.717, 1.165) is 0 Å². The molecule has 0 amide bonds. The Bertz CT molecular complexity index is 634. The second-order valence-electron chi connectivity index (χ2n) is 3.53. The van der Waals surface area contributed by atoms with E-state index in [0.29, 0.717) is 26.6 Å². The van der Waals surface area contributed by atoms with Crippen LogP contribution in [0.25, 0.3) is 0 Å². The number of hydrogen-bond donors (Lipinski definition) is 2. The third-order valence-corrected chi connectivity index (χ3v) is 3.14. The first-order valence-electron chi connectivity index (χ1n) is 5.16. The molecule has 2 rings (SSSR count). The van der Waals surface area contributed by atoms with Crippen molar-refractivity contribution in [1.82, 2.24) is 4.98 Å². The highest BCUT2D eigenvalue weighted by Crippen LogP contribution is 2.32. The molecule has 0 unspecified atom stereocenters. The van der Waals surface area contributed by atoms with E-state index in [1.54, 1.807) is 24.3 Å². The molecule has 0 saturated carbocycles. The molecule has 19 heavy (non-hydrogen) atoms. The molecule has 0 atom stereocenters. The van der Waals surface area contributed by atoms with Crippen molar-refractivity contribution in [2.24, 2.45) is 10.9 Å². The highest BCUT2D eigenvalue weighted by atomic mass is 79.9. The zero-order valence-electron chi connectivity index (χ0n) is 9.55. The molecule has 0 spiro atoms. The van der Waals surface area contributed by atoms with Gasteiger partial charge in [-0.15, -0.1) is 0 Å². The van der Waals surface area contributed by atoms with Crippen LogP contribution in [-0.2, 0) is 0 Å². The standard InChI is InChI=1S/C12H9BrClN3O2/c13-9-5-7(14)1-2-10(9)19-11-6-16-4-3-8(11)12(15)17-18/h1-6,18H,(H2,15,17). The lowest BCUT2D eigenvalue weighted by Gasteiger charge is -2.11. The second kappa shape index (κ2) is 5.90. The number of oxime groups is 1. The summed E-state index contributed by atoms with van der Waals surface area (Å²) in [6, 6.07) is 6.70. The summed E-state index contributed by atoms with van der Waals surface area (Å²) >= 11 is 9.20. The molecule has 0 aliphatic heterocycles. The first kappa shape index (κ1) is 13.6. The van der Waals surface area contributed by atoms with Gasteiger partial charge in [0.15, 0.2) is 11.6 Å². The highest BCUT2D eigenvalue weighted by molar-refractivity contribution is 9.10. The van der Waals surface area contributed by atoms with E-state index in [4.69, 9.17) is 27.3 Å². The fourth-order valence-corrected chi connectivity index (χ4v) is 2.17. The molecule has 98 valence electrons. The van der Waals surface area contributed by atoms with Crippen LogP contribution in [0, 0.1) is 0 Å². The van der Waals surface area contributed by atoms with Crippen LogP contribution in [0.3, 0.4) is 0 Å². The first-order valence-corrected chi connectivity index (χ1v) is 6.33. The summed E-state index contributed by atoms with van der Waals surface area (Å²) in [6.07, 6.45) is 3.01. The molecule has 0 fully saturated rings. The number of aromatic nitrogens is 1. The molecule has 7 heteroatoms. The van der Waals surface area contributed by atoms with Crippen molar-refractivity contribution in [3.8, 4) is 11.5 Å². The number of nitrogens with two attached hydrogens (primary N) is 1. The van der Waals surface area contributed by atoms with E-state index in [9.17, 15) is 0 Å². The average molecular weight is 343 g/mol. The van der Waals surface area contributed by atoms with Gasteiger partial charge in [0.1, 0.15) is 5.75 Å². The maximum atomic E-state index is 8.73. The van der Waals surface area contributed by atoms with Gasteiger partial charge in [-0.05, 0) is 40.2 Å². The zero-order chi connectivity index (χ0) is 13.8. The summed E-state index contributed by atoms with van der Waals surface area (Å²) in [7, 11) is 0. The van der Waals surface area contributed by atoms with Crippen LogP contribution < -0.4 is 10.5 Å². The number of hydrogen-bond acceptors (Lipinski definition) is 4. The SMILES string of the molecule is N/C(=N/O)c1ccncc1Oc1ccc(Cl)cc1Br. The fourth-order valence-electron chi connectivity index (χ4n) is 1.40. The number of rotatable bonds is 3. The van der Waals surface area contributed by atoms with Crippen LogP contribution in [-0.4, -0.2) is 16.0 Å². The Morgan fingerprint density at radius 1 is 1.37 bits per heavy atom. The van der Waals surface area contributed by atoms with Crippen molar-refractivity contribution in [1.29, 1.82) is 0 Å². The van der Waals surface area contributed by atoms with Gasteiger partial charge in [0.05, 0.1) is 16.2 Å². The Kier molecular flexibility index (Phi) is 4.24. The van der Waals surface area contributed by atoms with Gasteiger partial charge in [-0.1, -0.05) is 16.8 Å². The molecule has 1 heterocycles. The van der Waals surface area contributed by atoms with Crippen molar-refractivity contribution in [3.05, 3.63) is 51.7 Å². The Hall–Kier alpha value is -1.79. The van der Waals surface area contributed by atoms with Crippen LogP contribution in [0.1, 0.15) is 5.56 Å². The van der Waals surface area contributed by atoms with Crippen LogP contribution in [0.15, 0.2) is 46.3 Å². The number of nitrogens with zero attached hydrogens (tertiary/aromatic N) is 2. The lowest BCUT2D eigenvalue weighted by molar-refractivity contribution is 0.318. The Labute approximate surface area is 122 Å². The second-order valence-corrected chi connectivity index (χ2v) is 4.82. The highest BCUT2D eigenvalue weighted by Gasteiger charge is 2.11. The lowest BCUT2D eigenvalue weighted by Crippen LogP contribution is -2.14. The maximum absolute atomic E-state index is 8.73. The molecular formula is C12H9BrClN3O2. The molecule has 0 bridgehead atoms. The largest absolute Gasteiger partial charge is 0.454 e. The molecule has 1 aromatic heterocycles. The Morgan fingerprint density at radius 2 is 2.16 bits per heavy atom. The van der Waals surface area contributed by atoms with Gasteiger partial charge in [0.2, 0.25) is 0 Å². The minimum absolute atomic E-state index is 0.0533. The smallest absolute Gasteiger partial charge is 0.173 e. The molecule has 0 saturated heterocycles. The number of halogens is 2. The molecular weight excluding hydrogens is 334 g/mol. The van der Waals surface area contributed by atoms with Gasteiger partial charge in [-0.3, -0.25) is 4.98 Å². The number of ether oxygens (including phenoxy) is 1. The molecule has 0 radical (unpaired) electrons. The van der Waals surface area contributed by atoms with E-state index in [2.05, 4.69) is 26.1 Å². The normalized spacial score (nSPS) is 11.4. The van der Waals surface area contributed by atoms with Crippen LogP contribution in [0.4, 0.5) is 0 Å². The van der Waals surface area contributed by atoms with Crippen LogP contribution in [0.5, 0.6) is 11.5 Å². The lowest BCUT2D eigenvalue weighted by atomic mass is 10.2. The summed E-state index contributed by atoms with van der Waals surface area (Å²) in [5, 5.41) is 12.3. The van der Waals surface area contributed by atoms with Crippen molar-refractivity contribution in [2.45, 2.75) is 0 Å². The molecule has 0 aliphatic carbocycles. The topological polar surface area (TPSA) is 80.7 Å². The summed E-state index contributed by atoms with van der Waals surface area (Å²) in [5.74, 6) is 0.868. The minimum atomic E-state index is -0.0533. The maximum Gasteiger partial charge on any atom is 0.173 e. The number of amidine groups is 1. The molecule has 3 N–H and O–H groups in total. The van der Waals surface area contributed by atoms with Gasteiger partial charge >= 0.3 is 0 Å². The Morgan fingerprint density at radius 3 is 2.84 bits per heavy atom. The predicted molar refractivity (Wildman–Crippen MR) is 76.0 cm³/mol. The van der Waals surface area contributed by atoms with Gasteiger partial charge in [0.25, 0.3) is 0 Å². The first-order chi connectivity index (χ1) is 9.11. The molecule has 2 aromatic rings. The minimum Gasteiger partial charge on any atom is -0.454 e. The number of benzene rings is 1. The van der Waals surface area contributed by atoms with E-state index < -0.39 is 0 Å². The third kappa shape index (κ3) is 3.15. The van der Waals surface area contributed by atoms with Crippen molar-refractivity contribution in [3.63, 3.8) is 0 Å². The molecule has 0 aliphatic rings. The zero-order valence-corrected chi connectivity index (χ0v) is 11.9. The van der Waals surface area contributed by atoms with Crippen molar-refractivity contribution >= 4 is 33.4 Å². The van der Waals surface area contributed by atoms with E-state index >= 15 is 0 Å². The van der Waals surface area contributed by atoms with Crippen molar-refractivity contribution < 1.29 is 9.94 Å². The van der Waals surface area contributed by atoms with E-state index in [1.807, 2.05) is 0 Å². The summed E-state index contributed by atoms with van der Waals surface area (Å²) in [5.41, 5.74) is 6.01. The van der Waals surface area contributed by atoms with Crippen LogP contribution >= 0.6 is 27.5 Å². The average Bonchev–Trinajstić information content (AvgIpc) is 2.41. The predicted octanol–water partition coefficient (Wildman–Crippen LogP) is 3.38. The van der Waals surface area contributed by atoms with Crippen LogP contribution in [0.2, 0.25) is 5.02 Å². The number of pyridine rings is 1. The molecule has 5 nitrogen and oxygen atoms in total. The van der Waals surface area contributed by atoms with Crippen molar-refractivity contribution in [2.75, 3.05) is 0 Å². The van der Waals surface area contributed by atoms with E-state index in [-0.39, 0.29) is 5.84 Å².